The lowest BCUT2D eigenvalue weighted by atomic mass is 10.5. The van der Waals surface area contributed by atoms with Gasteiger partial charge in [0.25, 0.3) is 0 Å². The monoisotopic (exact) mass is 136 g/mol. The standard InChI is InChI=1S/C8H9NO/c1-8(10)7-9-5-3-2-4-6-9/h2-7H,1H3/p+1/b8-7-. The third-order valence-corrected chi connectivity index (χ3v) is 1.07. The molecule has 0 aromatic carbocycles. The van der Waals surface area contributed by atoms with Crippen molar-refractivity contribution in [2.24, 2.45) is 0 Å². The van der Waals surface area contributed by atoms with E-state index in [-0.39, 0.29) is 0 Å². The van der Waals surface area contributed by atoms with Crippen LogP contribution in [-0.4, -0.2) is 5.11 Å². The van der Waals surface area contributed by atoms with Crippen LogP contribution in [-0.2, 0) is 0 Å². The second kappa shape index (κ2) is 3.01. The number of nitrogens with zero attached hydrogens (tertiary/aromatic N) is 1. The summed E-state index contributed by atoms with van der Waals surface area (Å²) in [4.78, 5) is 0. The number of hydrogen-bond acceptors (Lipinski definition) is 1. The number of aromatic nitrogens is 1. The van der Waals surface area contributed by atoms with Crippen LogP contribution in [0.25, 0.3) is 6.20 Å². The van der Waals surface area contributed by atoms with Crippen LogP contribution in [0.15, 0.2) is 36.4 Å². The molecule has 0 spiro atoms. The molecule has 1 rings (SSSR count). The average Bonchev–Trinajstić information content (AvgIpc) is 1.88. The zero-order chi connectivity index (χ0) is 7.40. The van der Waals surface area contributed by atoms with Crippen LogP contribution in [0.5, 0.6) is 0 Å². The fourth-order valence-electron chi connectivity index (χ4n) is 0.714. The van der Waals surface area contributed by atoms with E-state index in [9.17, 15) is 0 Å². The van der Waals surface area contributed by atoms with Gasteiger partial charge >= 0.3 is 0 Å². The maximum Gasteiger partial charge on any atom is 0.211 e. The second-order valence-electron chi connectivity index (χ2n) is 2.09. The number of rotatable bonds is 1. The first-order chi connectivity index (χ1) is 4.79. The molecule has 52 valence electrons. The molecule has 0 amide bonds. The van der Waals surface area contributed by atoms with E-state index >= 15 is 0 Å². The van der Waals surface area contributed by atoms with Crippen molar-refractivity contribution in [3.63, 3.8) is 0 Å². The molecule has 0 aliphatic rings. The topological polar surface area (TPSA) is 24.1 Å². The van der Waals surface area contributed by atoms with Crippen molar-refractivity contribution in [1.29, 1.82) is 0 Å². The third kappa shape index (κ3) is 1.90. The van der Waals surface area contributed by atoms with E-state index in [0.29, 0.717) is 5.76 Å². The van der Waals surface area contributed by atoms with Crippen molar-refractivity contribution in [3.05, 3.63) is 36.4 Å². The van der Waals surface area contributed by atoms with Gasteiger partial charge < -0.3 is 5.11 Å². The Balaban J connectivity index is 2.87. The van der Waals surface area contributed by atoms with E-state index in [1.807, 2.05) is 30.6 Å². The van der Waals surface area contributed by atoms with Gasteiger partial charge in [0.2, 0.25) is 6.20 Å². The van der Waals surface area contributed by atoms with Gasteiger partial charge in [0, 0.05) is 12.1 Å². The van der Waals surface area contributed by atoms with Gasteiger partial charge in [-0.05, 0) is 6.92 Å². The molecule has 1 N–H and O–H groups in total. The molecule has 0 radical (unpaired) electrons. The largest absolute Gasteiger partial charge is 0.507 e. The highest BCUT2D eigenvalue weighted by Crippen LogP contribution is 1.82. The smallest absolute Gasteiger partial charge is 0.211 e. The highest BCUT2D eigenvalue weighted by atomic mass is 16.3. The first-order valence-electron chi connectivity index (χ1n) is 3.12. The van der Waals surface area contributed by atoms with Crippen LogP contribution in [0.3, 0.4) is 0 Å². The summed E-state index contributed by atoms with van der Waals surface area (Å²) in [5.74, 6) is 0.302. The summed E-state index contributed by atoms with van der Waals surface area (Å²) in [6.07, 6.45) is 5.36. The Morgan fingerprint density at radius 2 is 1.90 bits per heavy atom. The van der Waals surface area contributed by atoms with Crippen LogP contribution in [0.2, 0.25) is 0 Å². The van der Waals surface area contributed by atoms with Crippen LogP contribution in [0.1, 0.15) is 6.92 Å². The number of pyridine rings is 1. The molecule has 0 aliphatic heterocycles. The summed E-state index contributed by atoms with van der Waals surface area (Å²) in [6, 6.07) is 5.73. The highest BCUT2D eigenvalue weighted by Gasteiger charge is 1.91. The lowest BCUT2D eigenvalue weighted by molar-refractivity contribution is -0.569. The van der Waals surface area contributed by atoms with E-state index in [0.717, 1.165) is 0 Å². The third-order valence-electron chi connectivity index (χ3n) is 1.07. The van der Waals surface area contributed by atoms with Crippen molar-refractivity contribution in [2.75, 3.05) is 0 Å². The average molecular weight is 136 g/mol. The molecule has 0 bridgehead atoms. The summed E-state index contributed by atoms with van der Waals surface area (Å²) < 4.78 is 1.79. The summed E-state index contributed by atoms with van der Waals surface area (Å²) >= 11 is 0. The predicted octanol–water partition coefficient (Wildman–Crippen LogP) is 1.35. The van der Waals surface area contributed by atoms with Gasteiger partial charge in [0.05, 0.1) is 0 Å². The van der Waals surface area contributed by atoms with Crippen molar-refractivity contribution in [2.45, 2.75) is 6.92 Å². The highest BCUT2D eigenvalue weighted by molar-refractivity contribution is 5.09. The van der Waals surface area contributed by atoms with E-state index in [2.05, 4.69) is 0 Å². The fourth-order valence-corrected chi connectivity index (χ4v) is 0.714. The molecule has 0 saturated carbocycles. The minimum atomic E-state index is 0.302. The van der Waals surface area contributed by atoms with Gasteiger partial charge in [0.15, 0.2) is 18.2 Å². The number of hydrogen-bond donors (Lipinski definition) is 1. The molecule has 2 nitrogen and oxygen atoms in total. The number of aliphatic hydroxyl groups excluding tert-OH is 1. The first kappa shape index (κ1) is 6.81. The van der Waals surface area contributed by atoms with Gasteiger partial charge in [-0.25, -0.2) is 0 Å². The van der Waals surface area contributed by atoms with Crippen molar-refractivity contribution >= 4 is 6.20 Å². The predicted molar refractivity (Wildman–Crippen MR) is 39.2 cm³/mol. The lowest BCUT2D eigenvalue weighted by Gasteiger charge is -1.85. The molecule has 0 fully saturated rings. The number of aliphatic hydroxyl groups is 1. The van der Waals surface area contributed by atoms with Crippen LogP contribution in [0, 0.1) is 0 Å². The Hall–Kier alpha value is -1.31. The van der Waals surface area contributed by atoms with Gasteiger partial charge in [-0.3, -0.25) is 0 Å². The summed E-state index contributed by atoms with van der Waals surface area (Å²) in [7, 11) is 0. The first-order valence-corrected chi connectivity index (χ1v) is 3.12. The molecule has 0 aliphatic carbocycles. The Bertz CT molecular complexity index is 224. The van der Waals surface area contributed by atoms with Crippen LogP contribution < -0.4 is 4.57 Å². The fraction of sp³-hybridized carbons (Fsp3) is 0.125. The molecule has 0 atom stereocenters. The van der Waals surface area contributed by atoms with Crippen molar-refractivity contribution < 1.29 is 9.67 Å². The lowest BCUT2D eigenvalue weighted by Crippen LogP contribution is -2.24. The Kier molecular flexibility index (Phi) is 2.05. The maximum atomic E-state index is 8.85. The minimum Gasteiger partial charge on any atom is -0.507 e. The zero-order valence-corrected chi connectivity index (χ0v) is 5.86. The Morgan fingerprint density at radius 3 is 2.40 bits per heavy atom. The van der Waals surface area contributed by atoms with Gasteiger partial charge in [-0.2, -0.15) is 4.57 Å². The number of allylic oxidation sites excluding steroid dienone is 1. The molecule has 2 heteroatoms. The van der Waals surface area contributed by atoms with Crippen molar-refractivity contribution in [1.82, 2.24) is 0 Å². The second-order valence-corrected chi connectivity index (χ2v) is 2.09. The van der Waals surface area contributed by atoms with Gasteiger partial charge in [0.1, 0.15) is 0 Å². The maximum absolute atomic E-state index is 8.85. The SMILES string of the molecule is C/C(O)=C/[n+]1ccccc1. The molecule has 0 unspecified atom stereocenters. The molecule has 1 aromatic heterocycles. The van der Waals surface area contributed by atoms with Gasteiger partial charge in [-0.15, -0.1) is 0 Å². The molecule has 1 aromatic rings. The Morgan fingerprint density at radius 1 is 1.30 bits per heavy atom. The molecule has 10 heavy (non-hydrogen) atoms. The molecule has 1 heterocycles. The van der Waals surface area contributed by atoms with Crippen molar-refractivity contribution in [3.8, 4) is 0 Å². The van der Waals surface area contributed by atoms with E-state index in [1.165, 1.54) is 0 Å². The summed E-state index contributed by atoms with van der Waals surface area (Å²) in [6.45, 7) is 1.64. The normalized spacial score (nSPS) is 11.5. The molecule has 0 saturated heterocycles. The van der Waals surface area contributed by atoms with E-state index < -0.39 is 0 Å². The summed E-state index contributed by atoms with van der Waals surface area (Å²) in [5.41, 5.74) is 0. The van der Waals surface area contributed by atoms with E-state index in [1.54, 1.807) is 17.7 Å². The molecular weight excluding hydrogens is 126 g/mol. The molecular formula is C8H10NO+. The minimum absolute atomic E-state index is 0.302. The zero-order valence-electron chi connectivity index (χ0n) is 5.86. The van der Waals surface area contributed by atoms with Crippen LogP contribution in [0.4, 0.5) is 0 Å². The summed E-state index contributed by atoms with van der Waals surface area (Å²) in [5, 5.41) is 8.85. The Labute approximate surface area is 60.1 Å². The van der Waals surface area contributed by atoms with Crippen LogP contribution >= 0.6 is 0 Å². The van der Waals surface area contributed by atoms with Gasteiger partial charge in [-0.1, -0.05) is 6.07 Å². The van der Waals surface area contributed by atoms with E-state index in [4.69, 9.17) is 5.11 Å². The quantitative estimate of drug-likeness (QED) is 0.457.